The molecule has 1 aliphatic rings. The highest BCUT2D eigenvalue weighted by atomic mass is 16.2. The van der Waals surface area contributed by atoms with Gasteiger partial charge in [0.2, 0.25) is 5.95 Å². The van der Waals surface area contributed by atoms with E-state index in [1.165, 1.54) is 5.56 Å². The smallest absolute Gasteiger partial charge is 0.277 e. The number of carbonyl (C=O) groups excluding carboxylic acids is 1. The second-order valence-electron chi connectivity index (χ2n) is 7.52. The predicted octanol–water partition coefficient (Wildman–Crippen LogP) is 4.74. The summed E-state index contributed by atoms with van der Waals surface area (Å²) < 4.78 is 0. The number of hydrogen-bond acceptors (Lipinski definition) is 4. The van der Waals surface area contributed by atoms with Gasteiger partial charge in [0.25, 0.3) is 5.91 Å². The number of aromatic nitrogens is 2. The van der Waals surface area contributed by atoms with E-state index in [0.29, 0.717) is 11.6 Å². The minimum Gasteiger partial charge on any atom is -0.324 e. The Morgan fingerprint density at radius 2 is 1.86 bits per heavy atom. The standard InChI is InChI=1S/C23H24N4O/c1-14-9-10-15(2)19(11-14)25-23-24-16(3)12-20(26-23)22(28)27-17(4)13-18-7-5-6-8-21(18)27/h5-12,17H,13H2,1-4H3,(H,24,25,26). The second-order valence-corrected chi connectivity index (χ2v) is 7.52. The molecule has 3 aromatic rings. The third kappa shape index (κ3) is 3.36. The number of hydrogen-bond donors (Lipinski definition) is 1. The molecular weight excluding hydrogens is 348 g/mol. The van der Waals surface area contributed by atoms with E-state index in [1.807, 2.05) is 43.9 Å². The van der Waals surface area contributed by atoms with Gasteiger partial charge in [-0.05, 0) is 69.0 Å². The molecule has 142 valence electrons. The number of para-hydroxylation sites is 1. The Morgan fingerprint density at radius 1 is 1.07 bits per heavy atom. The molecule has 1 amide bonds. The highest BCUT2D eigenvalue weighted by molar-refractivity contribution is 6.06. The summed E-state index contributed by atoms with van der Waals surface area (Å²) in [6, 6.07) is 16.1. The summed E-state index contributed by atoms with van der Waals surface area (Å²) in [5.74, 6) is 0.351. The SMILES string of the molecule is Cc1ccc(C)c(Nc2nc(C)cc(C(=O)N3c4ccccc4CC3C)n2)c1. The van der Waals surface area contributed by atoms with Crippen LogP contribution in [0.15, 0.2) is 48.5 Å². The maximum atomic E-state index is 13.3. The Hall–Kier alpha value is -3.21. The summed E-state index contributed by atoms with van der Waals surface area (Å²) in [7, 11) is 0. The number of fused-ring (bicyclic) bond motifs is 1. The molecule has 5 heteroatoms. The fraction of sp³-hybridized carbons (Fsp3) is 0.261. The molecule has 0 aliphatic carbocycles. The zero-order valence-electron chi connectivity index (χ0n) is 16.7. The lowest BCUT2D eigenvalue weighted by Crippen LogP contribution is -2.36. The summed E-state index contributed by atoms with van der Waals surface area (Å²) in [4.78, 5) is 24.2. The highest BCUT2D eigenvalue weighted by Crippen LogP contribution is 2.33. The Labute approximate surface area is 165 Å². The summed E-state index contributed by atoms with van der Waals surface area (Å²) in [6.45, 7) is 8.03. The van der Waals surface area contributed by atoms with Gasteiger partial charge in [-0.1, -0.05) is 30.3 Å². The summed E-state index contributed by atoms with van der Waals surface area (Å²) in [6.07, 6.45) is 0.861. The third-order valence-corrected chi connectivity index (χ3v) is 5.14. The fourth-order valence-electron chi connectivity index (χ4n) is 3.72. The monoisotopic (exact) mass is 372 g/mol. The molecule has 0 fully saturated rings. The van der Waals surface area contributed by atoms with E-state index >= 15 is 0 Å². The normalized spacial score (nSPS) is 15.4. The van der Waals surface area contributed by atoms with Crippen LogP contribution >= 0.6 is 0 Å². The summed E-state index contributed by atoms with van der Waals surface area (Å²) in [5.41, 5.74) is 6.53. The van der Waals surface area contributed by atoms with Crippen LogP contribution in [0.25, 0.3) is 0 Å². The van der Waals surface area contributed by atoms with Gasteiger partial charge in [-0.25, -0.2) is 9.97 Å². The third-order valence-electron chi connectivity index (χ3n) is 5.14. The average molecular weight is 372 g/mol. The number of aryl methyl sites for hydroxylation is 3. The first-order valence-corrected chi connectivity index (χ1v) is 9.54. The van der Waals surface area contributed by atoms with Crippen LogP contribution in [0.1, 0.15) is 39.8 Å². The van der Waals surface area contributed by atoms with Gasteiger partial charge < -0.3 is 10.2 Å². The van der Waals surface area contributed by atoms with Crippen LogP contribution in [0.2, 0.25) is 0 Å². The van der Waals surface area contributed by atoms with Crippen molar-refractivity contribution in [1.29, 1.82) is 0 Å². The Balaban J connectivity index is 1.67. The van der Waals surface area contributed by atoms with E-state index in [-0.39, 0.29) is 11.9 Å². The van der Waals surface area contributed by atoms with Crippen molar-refractivity contribution in [3.8, 4) is 0 Å². The van der Waals surface area contributed by atoms with Gasteiger partial charge >= 0.3 is 0 Å². The van der Waals surface area contributed by atoms with E-state index in [2.05, 4.69) is 46.5 Å². The van der Waals surface area contributed by atoms with Crippen molar-refractivity contribution in [1.82, 2.24) is 9.97 Å². The molecule has 1 unspecified atom stereocenters. The van der Waals surface area contributed by atoms with Crippen molar-refractivity contribution >= 4 is 23.2 Å². The van der Waals surface area contributed by atoms with Crippen LogP contribution in [0.3, 0.4) is 0 Å². The minimum atomic E-state index is -0.0908. The Bertz CT molecular complexity index is 1060. The van der Waals surface area contributed by atoms with Gasteiger partial charge in [0.1, 0.15) is 5.69 Å². The largest absolute Gasteiger partial charge is 0.324 e. The summed E-state index contributed by atoms with van der Waals surface area (Å²) >= 11 is 0. The number of nitrogens with zero attached hydrogens (tertiary/aromatic N) is 3. The first-order chi connectivity index (χ1) is 13.4. The van der Waals surface area contributed by atoms with Gasteiger partial charge in [-0.2, -0.15) is 0 Å². The lowest BCUT2D eigenvalue weighted by Gasteiger charge is -2.22. The maximum absolute atomic E-state index is 13.3. The molecule has 5 nitrogen and oxygen atoms in total. The highest BCUT2D eigenvalue weighted by Gasteiger charge is 2.32. The fourth-order valence-corrected chi connectivity index (χ4v) is 3.72. The number of nitrogens with one attached hydrogen (secondary N) is 1. The zero-order valence-corrected chi connectivity index (χ0v) is 16.7. The quantitative estimate of drug-likeness (QED) is 0.722. The lowest BCUT2D eigenvalue weighted by atomic mass is 10.1. The molecule has 1 aliphatic heterocycles. The molecule has 0 radical (unpaired) electrons. The molecule has 28 heavy (non-hydrogen) atoms. The summed E-state index contributed by atoms with van der Waals surface area (Å²) in [5, 5.41) is 3.28. The molecular formula is C23H24N4O. The van der Waals surface area contributed by atoms with E-state index in [4.69, 9.17) is 0 Å². The number of anilines is 3. The molecule has 0 saturated heterocycles. The van der Waals surface area contributed by atoms with Crippen molar-refractivity contribution in [2.75, 3.05) is 10.2 Å². The molecule has 1 atom stereocenters. The topological polar surface area (TPSA) is 58.1 Å². The zero-order chi connectivity index (χ0) is 19.8. The van der Waals surface area contributed by atoms with Crippen LogP contribution in [-0.2, 0) is 6.42 Å². The van der Waals surface area contributed by atoms with Gasteiger partial charge in [0.05, 0.1) is 0 Å². The van der Waals surface area contributed by atoms with Crippen molar-refractivity contribution in [3.63, 3.8) is 0 Å². The van der Waals surface area contributed by atoms with Crippen LogP contribution in [0.4, 0.5) is 17.3 Å². The van der Waals surface area contributed by atoms with Crippen LogP contribution in [0, 0.1) is 20.8 Å². The molecule has 1 N–H and O–H groups in total. The number of rotatable bonds is 3. The first kappa shape index (κ1) is 18.2. The molecule has 0 saturated carbocycles. The second kappa shape index (κ2) is 7.08. The Kier molecular flexibility index (Phi) is 4.59. The number of amides is 1. The van der Waals surface area contributed by atoms with Gasteiger partial charge in [0.15, 0.2) is 0 Å². The van der Waals surface area contributed by atoms with Crippen LogP contribution in [0.5, 0.6) is 0 Å². The maximum Gasteiger partial charge on any atom is 0.277 e. The van der Waals surface area contributed by atoms with Gasteiger partial charge in [0, 0.05) is 23.1 Å². The molecule has 1 aromatic heterocycles. The molecule has 0 spiro atoms. The van der Waals surface area contributed by atoms with E-state index in [0.717, 1.165) is 34.6 Å². The number of carbonyl (C=O) groups is 1. The Morgan fingerprint density at radius 3 is 2.68 bits per heavy atom. The van der Waals surface area contributed by atoms with Crippen molar-refractivity contribution in [2.24, 2.45) is 0 Å². The van der Waals surface area contributed by atoms with Crippen LogP contribution in [-0.4, -0.2) is 21.9 Å². The molecule has 2 aromatic carbocycles. The number of benzene rings is 2. The van der Waals surface area contributed by atoms with Gasteiger partial charge in [-0.3, -0.25) is 4.79 Å². The first-order valence-electron chi connectivity index (χ1n) is 9.54. The molecule has 4 rings (SSSR count). The molecule has 0 bridgehead atoms. The average Bonchev–Trinajstić information content (AvgIpc) is 2.99. The predicted molar refractivity (Wildman–Crippen MR) is 112 cm³/mol. The van der Waals surface area contributed by atoms with Crippen molar-refractivity contribution in [3.05, 3.63) is 76.6 Å². The van der Waals surface area contributed by atoms with Gasteiger partial charge in [-0.15, -0.1) is 0 Å². The van der Waals surface area contributed by atoms with E-state index in [9.17, 15) is 4.79 Å². The molecule has 2 heterocycles. The van der Waals surface area contributed by atoms with Crippen LogP contribution < -0.4 is 10.2 Å². The lowest BCUT2D eigenvalue weighted by molar-refractivity contribution is 0.0976. The minimum absolute atomic E-state index is 0.0908. The van der Waals surface area contributed by atoms with E-state index < -0.39 is 0 Å². The van der Waals surface area contributed by atoms with E-state index in [1.54, 1.807) is 6.07 Å². The van der Waals surface area contributed by atoms with Crippen molar-refractivity contribution in [2.45, 2.75) is 40.2 Å². The van der Waals surface area contributed by atoms with Crippen molar-refractivity contribution < 1.29 is 4.79 Å².